The van der Waals surface area contributed by atoms with Gasteiger partial charge in [0, 0.05) is 32.3 Å². The van der Waals surface area contributed by atoms with Gasteiger partial charge in [0.25, 0.3) is 0 Å². The Morgan fingerprint density at radius 1 is 0.636 bits per heavy atom. The SMILES string of the molecule is Ic1ccc(Cn2c3c(c4ccccc42)-c2c(ccc4ccc5ccccc5c24)CC3)cc1. The summed E-state index contributed by atoms with van der Waals surface area (Å²) in [5, 5.41) is 6.78. The van der Waals surface area contributed by atoms with Crippen LogP contribution < -0.4 is 0 Å². The van der Waals surface area contributed by atoms with Crippen molar-refractivity contribution >= 4 is 55.0 Å². The van der Waals surface area contributed by atoms with Crippen LogP contribution in [0.5, 0.6) is 0 Å². The zero-order chi connectivity index (χ0) is 21.9. The number of aryl methyl sites for hydroxylation is 1. The van der Waals surface area contributed by atoms with Crippen LogP contribution in [-0.2, 0) is 19.4 Å². The van der Waals surface area contributed by atoms with E-state index in [1.54, 1.807) is 0 Å². The van der Waals surface area contributed by atoms with Crippen molar-refractivity contribution in [3.63, 3.8) is 0 Å². The molecule has 6 aromatic rings. The first-order valence-electron chi connectivity index (χ1n) is 11.6. The molecule has 1 aliphatic carbocycles. The fourth-order valence-corrected chi connectivity index (χ4v) is 6.10. The van der Waals surface area contributed by atoms with E-state index in [0.717, 1.165) is 19.4 Å². The maximum Gasteiger partial charge on any atom is 0.0492 e. The Balaban J connectivity index is 1.57. The molecule has 1 aliphatic rings. The Labute approximate surface area is 206 Å². The maximum absolute atomic E-state index is 2.57. The van der Waals surface area contributed by atoms with Crippen molar-refractivity contribution in [2.24, 2.45) is 0 Å². The third-order valence-electron chi connectivity index (χ3n) is 7.21. The molecule has 0 amide bonds. The summed E-state index contributed by atoms with van der Waals surface area (Å²) >= 11 is 2.38. The standard InChI is InChI=1S/C31H22IN/c32-24-16-9-20(10-17-24)19-33-27-8-4-3-7-26(27)31-28(33)18-15-23-14-13-22-12-11-21-5-1-2-6-25(21)29(22)30(23)31/h1-14,16-17H,15,18-19H2. The highest BCUT2D eigenvalue weighted by Crippen LogP contribution is 2.46. The number of hydrogen-bond acceptors (Lipinski definition) is 0. The topological polar surface area (TPSA) is 4.93 Å². The lowest BCUT2D eigenvalue weighted by molar-refractivity contribution is 0.750. The Morgan fingerprint density at radius 2 is 1.36 bits per heavy atom. The van der Waals surface area contributed by atoms with Crippen molar-refractivity contribution < 1.29 is 0 Å². The number of fused-ring (bicyclic) bond motifs is 9. The number of halogens is 1. The van der Waals surface area contributed by atoms with E-state index in [1.807, 2.05) is 0 Å². The number of hydrogen-bond donors (Lipinski definition) is 0. The van der Waals surface area contributed by atoms with Gasteiger partial charge in [0.1, 0.15) is 0 Å². The predicted molar refractivity (Wildman–Crippen MR) is 148 cm³/mol. The van der Waals surface area contributed by atoms with Gasteiger partial charge >= 0.3 is 0 Å². The van der Waals surface area contributed by atoms with Crippen molar-refractivity contribution in [3.8, 4) is 11.1 Å². The largest absolute Gasteiger partial charge is 0.340 e. The molecule has 2 heteroatoms. The number of aromatic nitrogens is 1. The van der Waals surface area contributed by atoms with Crippen molar-refractivity contribution in [1.82, 2.24) is 4.57 Å². The first-order chi connectivity index (χ1) is 16.3. The third-order valence-corrected chi connectivity index (χ3v) is 7.93. The van der Waals surface area contributed by atoms with E-state index >= 15 is 0 Å². The van der Waals surface area contributed by atoms with E-state index in [0.29, 0.717) is 0 Å². The lowest BCUT2D eigenvalue weighted by Crippen LogP contribution is -2.10. The highest BCUT2D eigenvalue weighted by Gasteiger charge is 2.26. The first kappa shape index (κ1) is 19.4. The molecular weight excluding hydrogens is 513 g/mol. The van der Waals surface area contributed by atoms with Crippen LogP contribution in [-0.4, -0.2) is 4.57 Å². The third kappa shape index (κ3) is 2.97. The van der Waals surface area contributed by atoms with E-state index in [4.69, 9.17) is 0 Å². The molecule has 0 atom stereocenters. The van der Waals surface area contributed by atoms with Crippen molar-refractivity contribution in [1.29, 1.82) is 0 Å². The molecule has 1 nitrogen and oxygen atoms in total. The average Bonchev–Trinajstić information content (AvgIpc) is 3.18. The fraction of sp³-hybridized carbons (Fsp3) is 0.0968. The second kappa shape index (κ2) is 7.46. The molecule has 0 unspecified atom stereocenters. The van der Waals surface area contributed by atoms with Gasteiger partial charge in [-0.3, -0.25) is 0 Å². The molecule has 0 N–H and O–H groups in total. The minimum absolute atomic E-state index is 0.910. The van der Waals surface area contributed by atoms with Crippen LogP contribution in [0.3, 0.4) is 0 Å². The van der Waals surface area contributed by atoms with Gasteiger partial charge in [-0.05, 0) is 91.9 Å². The van der Waals surface area contributed by atoms with Gasteiger partial charge in [0.2, 0.25) is 0 Å². The Hall–Kier alpha value is -3.11. The second-order valence-corrected chi connectivity index (χ2v) is 10.3. The quantitative estimate of drug-likeness (QED) is 0.155. The van der Waals surface area contributed by atoms with Crippen LogP contribution in [0, 0.1) is 3.57 Å². The van der Waals surface area contributed by atoms with Gasteiger partial charge in [-0.25, -0.2) is 0 Å². The average molecular weight is 535 g/mol. The van der Waals surface area contributed by atoms with E-state index in [-0.39, 0.29) is 0 Å². The first-order valence-corrected chi connectivity index (χ1v) is 12.6. The van der Waals surface area contributed by atoms with Crippen molar-refractivity contribution in [2.45, 2.75) is 19.4 Å². The normalized spacial score (nSPS) is 12.9. The molecule has 158 valence electrons. The summed E-state index contributed by atoms with van der Waals surface area (Å²) in [5.74, 6) is 0. The molecule has 1 aromatic heterocycles. The highest BCUT2D eigenvalue weighted by molar-refractivity contribution is 14.1. The Bertz CT molecular complexity index is 1690. The van der Waals surface area contributed by atoms with Gasteiger partial charge in [-0.1, -0.05) is 78.9 Å². The van der Waals surface area contributed by atoms with E-state index < -0.39 is 0 Å². The summed E-state index contributed by atoms with van der Waals surface area (Å²) in [5.41, 5.74) is 8.54. The van der Waals surface area contributed by atoms with E-state index in [9.17, 15) is 0 Å². The molecule has 0 aliphatic heterocycles. The van der Waals surface area contributed by atoms with Crippen LogP contribution in [0.15, 0.2) is 97.1 Å². The van der Waals surface area contributed by atoms with Crippen molar-refractivity contribution in [3.05, 3.63) is 117 Å². The molecule has 0 spiro atoms. The van der Waals surface area contributed by atoms with Crippen LogP contribution >= 0.6 is 22.6 Å². The predicted octanol–water partition coefficient (Wildman–Crippen LogP) is 8.37. The van der Waals surface area contributed by atoms with Crippen LogP contribution in [0.2, 0.25) is 0 Å². The Kier molecular flexibility index (Phi) is 4.38. The minimum atomic E-state index is 0.910. The molecule has 0 bridgehead atoms. The van der Waals surface area contributed by atoms with Crippen LogP contribution in [0.25, 0.3) is 43.6 Å². The molecule has 0 saturated heterocycles. The summed E-state index contributed by atoms with van der Waals surface area (Å²) in [6.07, 6.45) is 2.17. The van der Waals surface area contributed by atoms with Crippen molar-refractivity contribution in [2.75, 3.05) is 0 Å². The van der Waals surface area contributed by atoms with Gasteiger partial charge in [-0.15, -0.1) is 0 Å². The number of para-hydroxylation sites is 1. The zero-order valence-electron chi connectivity index (χ0n) is 18.2. The zero-order valence-corrected chi connectivity index (χ0v) is 20.3. The summed E-state index contributed by atoms with van der Waals surface area (Å²) in [4.78, 5) is 0. The molecule has 5 aromatic carbocycles. The molecule has 0 fully saturated rings. The van der Waals surface area contributed by atoms with Gasteiger partial charge < -0.3 is 4.57 Å². The number of rotatable bonds is 2. The molecule has 0 radical (unpaired) electrons. The lowest BCUT2D eigenvalue weighted by Gasteiger charge is -2.22. The summed E-state index contributed by atoms with van der Waals surface area (Å²) in [6.45, 7) is 0.910. The number of benzene rings is 5. The lowest BCUT2D eigenvalue weighted by atomic mass is 9.83. The fourth-order valence-electron chi connectivity index (χ4n) is 5.74. The Morgan fingerprint density at radius 3 is 2.24 bits per heavy atom. The molecule has 7 rings (SSSR count). The van der Waals surface area contributed by atoms with Gasteiger partial charge in [0.15, 0.2) is 0 Å². The smallest absolute Gasteiger partial charge is 0.0492 e. The molecular formula is C31H22IN. The van der Waals surface area contributed by atoms with Gasteiger partial charge in [-0.2, -0.15) is 0 Å². The monoisotopic (exact) mass is 535 g/mol. The van der Waals surface area contributed by atoms with Crippen LogP contribution in [0.1, 0.15) is 16.8 Å². The van der Waals surface area contributed by atoms with Crippen LogP contribution in [0.4, 0.5) is 0 Å². The minimum Gasteiger partial charge on any atom is -0.340 e. The molecule has 33 heavy (non-hydrogen) atoms. The van der Waals surface area contributed by atoms with E-state index in [1.165, 1.54) is 64.0 Å². The maximum atomic E-state index is 2.57. The van der Waals surface area contributed by atoms with E-state index in [2.05, 4.69) is 124 Å². The summed E-state index contributed by atoms with van der Waals surface area (Å²) in [7, 11) is 0. The molecule has 1 heterocycles. The highest BCUT2D eigenvalue weighted by atomic mass is 127. The second-order valence-electron chi connectivity index (χ2n) is 9.04. The van der Waals surface area contributed by atoms with Gasteiger partial charge in [0.05, 0.1) is 0 Å². The summed E-state index contributed by atoms with van der Waals surface area (Å²) in [6, 6.07) is 36.0. The summed E-state index contributed by atoms with van der Waals surface area (Å²) < 4.78 is 3.85. The molecule has 0 saturated carbocycles. The number of nitrogens with zero attached hydrogens (tertiary/aromatic N) is 1.